The highest BCUT2D eigenvalue weighted by molar-refractivity contribution is 6.14. The van der Waals surface area contributed by atoms with Crippen LogP contribution in [-0.2, 0) is 0 Å². The Morgan fingerprint density at radius 3 is 2.48 bits per heavy atom. The molecule has 3 heterocycles. The van der Waals surface area contributed by atoms with E-state index in [-0.39, 0.29) is 17.7 Å². The van der Waals surface area contributed by atoms with Crippen LogP contribution in [0.4, 0.5) is 5.69 Å². The Hall–Kier alpha value is -3.74. The number of amides is 1. The molecular formula is C24H24N4O3. The molecule has 1 aromatic carbocycles. The molecule has 0 aliphatic heterocycles. The van der Waals surface area contributed by atoms with Gasteiger partial charge in [-0.2, -0.15) is 5.10 Å². The van der Waals surface area contributed by atoms with Crippen LogP contribution < -0.4 is 5.32 Å². The van der Waals surface area contributed by atoms with Crippen LogP contribution in [-0.4, -0.2) is 26.5 Å². The van der Waals surface area contributed by atoms with Gasteiger partial charge in [0.1, 0.15) is 11.5 Å². The smallest absolute Gasteiger partial charge is 0.256 e. The summed E-state index contributed by atoms with van der Waals surface area (Å²) in [6.45, 7) is 9.24. The highest BCUT2D eigenvalue weighted by atomic mass is 16.3. The Morgan fingerprint density at radius 1 is 1.10 bits per heavy atom. The number of rotatable bonds is 5. The topological polar surface area (TPSA) is 90.0 Å². The third kappa shape index (κ3) is 3.74. The zero-order valence-electron chi connectivity index (χ0n) is 18.2. The van der Waals surface area contributed by atoms with Gasteiger partial charge in [0.05, 0.1) is 28.5 Å². The summed E-state index contributed by atoms with van der Waals surface area (Å²) in [5, 5.41) is 7.99. The summed E-state index contributed by atoms with van der Waals surface area (Å²) in [4.78, 5) is 30.1. The number of para-hydroxylation sites is 1. The van der Waals surface area contributed by atoms with E-state index in [0.29, 0.717) is 33.5 Å². The van der Waals surface area contributed by atoms with Crippen LogP contribution >= 0.6 is 0 Å². The third-order valence-electron chi connectivity index (χ3n) is 5.17. The van der Waals surface area contributed by atoms with Gasteiger partial charge in [0, 0.05) is 17.2 Å². The van der Waals surface area contributed by atoms with E-state index < -0.39 is 0 Å². The molecule has 1 amide bonds. The van der Waals surface area contributed by atoms with Crippen molar-refractivity contribution in [2.45, 2.75) is 40.7 Å². The summed E-state index contributed by atoms with van der Waals surface area (Å²) >= 11 is 0. The fourth-order valence-electron chi connectivity index (χ4n) is 3.70. The highest BCUT2D eigenvalue weighted by Crippen LogP contribution is 2.30. The molecule has 0 bridgehead atoms. The molecule has 0 radical (unpaired) electrons. The average Bonchev–Trinajstić information content (AvgIpc) is 3.29. The van der Waals surface area contributed by atoms with Gasteiger partial charge in [-0.05, 0) is 58.9 Å². The van der Waals surface area contributed by atoms with E-state index in [1.165, 1.54) is 6.92 Å². The maximum absolute atomic E-state index is 13.3. The summed E-state index contributed by atoms with van der Waals surface area (Å²) in [7, 11) is 0. The SMILES string of the molecule is CC(=O)c1ccccc1NC(=O)c1cc(-c2cc(C)oc2C)nc2c1cnn2C(C)C. The molecule has 4 aromatic rings. The molecule has 0 atom stereocenters. The number of furan rings is 1. The maximum Gasteiger partial charge on any atom is 0.256 e. The van der Waals surface area contributed by atoms with Crippen molar-refractivity contribution in [1.29, 1.82) is 0 Å². The number of anilines is 1. The number of carbonyl (C=O) groups is 2. The van der Waals surface area contributed by atoms with Crippen molar-refractivity contribution in [3.63, 3.8) is 0 Å². The molecule has 0 aliphatic carbocycles. The molecule has 0 aliphatic rings. The molecule has 0 fully saturated rings. The first-order valence-electron chi connectivity index (χ1n) is 10.1. The lowest BCUT2D eigenvalue weighted by atomic mass is 10.1. The van der Waals surface area contributed by atoms with Crippen molar-refractivity contribution in [3.8, 4) is 11.3 Å². The number of Topliss-reactive ketones (excluding diaryl/α,β-unsaturated/α-hetero) is 1. The Labute approximate surface area is 180 Å². The molecule has 3 aromatic heterocycles. The van der Waals surface area contributed by atoms with Crippen LogP contribution in [0.5, 0.6) is 0 Å². The van der Waals surface area contributed by atoms with E-state index in [9.17, 15) is 9.59 Å². The fraction of sp³-hybridized carbons (Fsp3) is 0.250. The molecule has 1 N–H and O–H groups in total. The lowest BCUT2D eigenvalue weighted by Crippen LogP contribution is -2.15. The first-order chi connectivity index (χ1) is 14.8. The Balaban J connectivity index is 1.88. The number of hydrogen-bond acceptors (Lipinski definition) is 5. The van der Waals surface area contributed by atoms with Crippen LogP contribution in [0.25, 0.3) is 22.3 Å². The van der Waals surface area contributed by atoms with Crippen LogP contribution in [0.1, 0.15) is 59.0 Å². The Bertz CT molecular complexity index is 1310. The molecule has 0 spiro atoms. The molecule has 0 saturated carbocycles. The lowest BCUT2D eigenvalue weighted by molar-refractivity contribution is 0.101. The van der Waals surface area contributed by atoms with Gasteiger partial charge in [0.15, 0.2) is 11.4 Å². The summed E-state index contributed by atoms with van der Waals surface area (Å²) < 4.78 is 7.47. The third-order valence-corrected chi connectivity index (χ3v) is 5.17. The average molecular weight is 416 g/mol. The zero-order valence-corrected chi connectivity index (χ0v) is 18.2. The second-order valence-corrected chi connectivity index (χ2v) is 7.86. The number of ketones is 1. The summed E-state index contributed by atoms with van der Waals surface area (Å²) in [6, 6.07) is 10.7. The first-order valence-corrected chi connectivity index (χ1v) is 10.1. The largest absolute Gasteiger partial charge is 0.466 e. The van der Waals surface area contributed by atoms with Crippen molar-refractivity contribution >= 4 is 28.4 Å². The molecule has 0 saturated heterocycles. The van der Waals surface area contributed by atoms with Gasteiger partial charge in [-0.1, -0.05) is 12.1 Å². The van der Waals surface area contributed by atoms with Gasteiger partial charge < -0.3 is 9.73 Å². The van der Waals surface area contributed by atoms with E-state index in [1.807, 2.05) is 33.8 Å². The zero-order chi connectivity index (χ0) is 22.3. The van der Waals surface area contributed by atoms with Crippen molar-refractivity contribution in [2.75, 3.05) is 5.32 Å². The normalized spacial score (nSPS) is 11.3. The molecule has 4 rings (SSSR count). The van der Waals surface area contributed by atoms with E-state index in [1.54, 1.807) is 41.2 Å². The number of aromatic nitrogens is 3. The van der Waals surface area contributed by atoms with Crippen LogP contribution in [0, 0.1) is 13.8 Å². The van der Waals surface area contributed by atoms with Gasteiger partial charge in [-0.3, -0.25) is 9.59 Å². The minimum Gasteiger partial charge on any atom is -0.466 e. The van der Waals surface area contributed by atoms with Gasteiger partial charge in [0.25, 0.3) is 5.91 Å². The van der Waals surface area contributed by atoms with E-state index in [2.05, 4.69) is 10.4 Å². The van der Waals surface area contributed by atoms with E-state index in [4.69, 9.17) is 9.40 Å². The summed E-state index contributed by atoms with van der Waals surface area (Å²) in [6.07, 6.45) is 1.66. The molecule has 7 heteroatoms. The van der Waals surface area contributed by atoms with Crippen molar-refractivity contribution in [2.24, 2.45) is 0 Å². The number of fused-ring (bicyclic) bond motifs is 1. The summed E-state index contributed by atoms with van der Waals surface area (Å²) in [5.74, 6) is 1.05. The number of nitrogens with zero attached hydrogens (tertiary/aromatic N) is 3. The van der Waals surface area contributed by atoms with Crippen LogP contribution in [0.3, 0.4) is 0 Å². The van der Waals surface area contributed by atoms with E-state index in [0.717, 1.165) is 17.1 Å². The maximum atomic E-state index is 13.3. The minimum atomic E-state index is -0.330. The number of benzene rings is 1. The molecule has 158 valence electrons. The van der Waals surface area contributed by atoms with Crippen molar-refractivity contribution in [3.05, 3.63) is 65.2 Å². The van der Waals surface area contributed by atoms with Gasteiger partial charge in [-0.15, -0.1) is 0 Å². The number of hydrogen-bond donors (Lipinski definition) is 1. The first kappa shape index (κ1) is 20.5. The highest BCUT2D eigenvalue weighted by Gasteiger charge is 2.21. The monoisotopic (exact) mass is 416 g/mol. The van der Waals surface area contributed by atoms with Crippen LogP contribution in [0.2, 0.25) is 0 Å². The van der Waals surface area contributed by atoms with Gasteiger partial charge in [-0.25, -0.2) is 9.67 Å². The predicted octanol–water partition coefficient (Wildman–Crippen LogP) is 5.34. The number of pyridine rings is 1. The number of aryl methyl sites for hydroxylation is 2. The lowest BCUT2D eigenvalue weighted by Gasteiger charge is -2.12. The standard InChI is InChI=1S/C24H24N4O3/c1-13(2)28-23-20(12-25-28)19(11-22(26-23)18-10-14(3)31-16(18)5)24(30)27-21-9-7-6-8-17(21)15(4)29/h6-13H,1-5H3,(H,27,30). The minimum absolute atomic E-state index is 0.0711. The molecular weight excluding hydrogens is 392 g/mol. The quantitative estimate of drug-likeness (QED) is 0.443. The molecule has 0 unspecified atom stereocenters. The molecule has 31 heavy (non-hydrogen) atoms. The van der Waals surface area contributed by atoms with Crippen LogP contribution in [0.15, 0.2) is 47.0 Å². The summed E-state index contributed by atoms with van der Waals surface area (Å²) in [5.41, 5.74) is 3.45. The predicted molar refractivity (Wildman–Crippen MR) is 119 cm³/mol. The Morgan fingerprint density at radius 2 is 1.84 bits per heavy atom. The van der Waals surface area contributed by atoms with Gasteiger partial charge >= 0.3 is 0 Å². The van der Waals surface area contributed by atoms with E-state index >= 15 is 0 Å². The van der Waals surface area contributed by atoms with Crippen molar-refractivity contribution in [1.82, 2.24) is 14.8 Å². The molecule has 7 nitrogen and oxygen atoms in total. The second-order valence-electron chi connectivity index (χ2n) is 7.86. The second kappa shape index (κ2) is 7.83. The number of nitrogens with one attached hydrogen (secondary N) is 1. The fourth-order valence-corrected chi connectivity index (χ4v) is 3.70. The Kier molecular flexibility index (Phi) is 5.19. The van der Waals surface area contributed by atoms with Gasteiger partial charge in [0.2, 0.25) is 0 Å². The van der Waals surface area contributed by atoms with Crippen molar-refractivity contribution < 1.29 is 14.0 Å². The number of carbonyl (C=O) groups excluding carboxylic acids is 2.